The summed E-state index contributed by atoms with van der Waals surface area (Å²) in [5, 5.41) is 3.33. The monoisotopic (exact) mass is 261 g/mol. The maximum Gasteiger partial charge on any atom is 0.240 e. The Balaban J connectivity index is 2.04. The molecule has 104 valence electrons. The van der Waals surface area contributed by atoms with Crippen molar-refractivity contribution in [1.29, 1.82) is 0 Å². The summed E-state index contributed by atoms with van der Waals surface area (Å²) in [6, 6.07) is 6.01. The summed E-state index contributed by atoms with van der Waals surface area (Å²) in [6.07, 6.45) is 5.03. The summed E-state index contributed by atoms with van der Waals surface area (Å²) < 4.78 is 0. The molecule has 1 N–H and O–H groups in total. The molecule has 19 heavy (non-hydrogen) atoms. The van der Waals surface area contributed by atoms with Crippen LogP contribution in [-0.4, -0.2) is 34.4 Å². The van der Waals surface area contributed by atoms with Crippen molar-refractivity contribution in [1.82, 2.24) is 15.2 Å². The fraction of sp³-hybridized carbons (Fsp3) is 0.600. The molecule has 1 fully saturated rings. The second-order valence-electron chi connectivity index (χ2n) is 5.38. The minimum atomic E-state index is -0.0140. The Morgan fingerprint density at radius 1 is 1.47 bits per heavy atom. The van der Waals surface area contributed by atoms with E-state index in [9.17, 15) is 4.79 Å². The van der Waals surface area contributed by atoms with Crippen LogP contribution in [0.15, 0.2) is 24.4 Å². The van der Waals surface area contributed by atoms with Gasteiger partial charge in [0.05, 0.1) is 18.3 Å². The van der Waals surface area contributed by atoms with Gasteiger partial charge in [0.25, 0.3) is 0 Å². The first kappa shape index (κ1) is 14.0. The fourth-order valence-electron chi connectivity index (χ4n) is 2.44. The van der Waals surface area contributed by atoms with E-state index < -0.39 is 0 Å². The van der Waals surface area contributed by atoms with Gasteiger partial charge >= 0.3 is 0 Å². The highest BCUT2D eigenvalue weighted by atomic mass is 16.2. The largest absolute Gasteiger partial charge is 0.333 e. The van der Waals surface area contributed by atoms with Crippen LogP contribution in [0.25, 0.3) is 0 Å². The van der Waals surface area contributed by atoms with Gasteiger partial charge in [0.2, 0.25) is 5.91 Å². The number of nitrogens with zero attached hydrogens (tertiary/aromatic N) is 2. The zero-order chi connectivity index (χ0) is 13.7. The normalized spacial score (nSPS) is 19.4. The first-order valence-electron chi connectivity index (χ1n) is 7.12. The fourth-order valence-corrected chi connectivity index (χ4v) is 2.44. The standard InChI is InChI=1S/C15H23N3O/c1-12(2)18(11-13-7-3-5-9-16-13)15(19)14-8-4-6-10-17-14/h3,5,7,9,12,14,17H,4,6,8,10-11H2,1-2H3/t14-/m0/s1. The molecule has 1 aliphatic rings. The first-order chi connectivity index (χ1) is 9.18. The molecule has 1 aliphatic heterocycles. The van der Waals surface area contributed by atoms with Gasteiger partial charge in [-0.15, -0.1) is 0 Å². The van der Waals surface area contributed by atoms with Crippen molar-refractivity contribution in [2.24, 2.45) is 0 Å². The summed E-state index contributed by atoms with van der Waals surface area (Å²) in [4.78, 5) is 18.8. The number of aromatic nitrogens is 1. The molecule has 0 aliphatic carbocycles. The summed E-state index contributed by atoms with van der Waals surface area (Å²) in [7, 11) is 0. The number of amides is 1. The van der Waals surface area contributed by atoms with E-state index in [1.807, 2.05) is 23.1 Å². The Morgan fingerprint density at radius 2 is 2.32 bits per heavy atom. The molecule has 1 aromatic rings. The number of carbonyl (C=O) groups is 1. The van der Waals surface area contributed by atoms with Gasteiger partial charge in [-0.2, -0.15) is 0 Å². The molecule has 4 heteroatoms. The molecule has 2 rings (SSSR count). The van der Waals surface area contributed by atoms with E-state index in [4.69, 9.17) is 0 Å². The van der Waals surface area contributed by atoms with E-state index in [2.05, 4.69) is 24.1 Å². The Hall–Kier alpha value is -1.42. The summed E-state index contributed by atoms with van der Waals surface area (Å²) in [6.45, 7) is 5.66. The predicted octanol–water partition coefficient (Wildman–Crippen LogP) is 1.96. The zero-order valence-electron chi connectivity index (χ0n) is 11.8. The minimum Gasteiger partial charge on any atom is -0.333 e. The molecule has 0 bridgehead atoms. The Kier molecular flexibility index (Phi) is 4.91. The van der Waals surface area contributed by atoms with Crippen molar-refractivity contribution >= 4 is 5.91 Å². The number of hydrogen-bond acceptors (Lipinski definition) is 3. The second-order valence-corrected chi connectivity index (χ2v) is 5.38. The smallest absolute Gasteiger partial charge is 0.240 e. The van der Waals surface area contributed by atoms with Crippen LogP contribution >= 0.6 is 0 Å². The van der Waals surface area contributed by atoms with Crippen LogP contribution in [0.3, 0.4) is 0 Å². The average Bonchev–Trinajstić information content (AvgIpc) is 2.46. The highest BCUT2D eigenvalue weighted by molar-refractivity contribution is 5.82. The summed E-state index contributed by atoms with van der Waals surface area (Å²) in [5.74, 6) is 0.209. The Labute approximate surface area is 115 Å². The maximum absolute atomic E-state index is 12.6. The van der Waals surface area contributed by atoms with Gasteiger partial charge in [0.15, 0.2) is 0 Å². The van der Waals surface area contributed by atoms with E-state index in [1.54, 1.807) is 6.20 Å². The molecular weight excluding hydrogens is 238 g/mol. The third-order valence-electron chi connectivity index (χ3n) is 3.57. The molecule has 1 saturated heterocycles. The van der Waals surface area contributed by atoms with Crippen LogP contribution in [0.5, 0.6) is 0 Å². The minimum absolute atomic E-state index is 0.0140. The van der Waals surface area contributed by atoms with Crippen LogP contribution in [-0.2, 0) is 11.3 Å². The van der Waals surface area contributed by atoms with Crippen LogP contribution in [0.4, 0.5) is 0 Å². The van der Waals surface area contributed by atoms with E-state index in [1.165, 1.54) is 6.42 Å². The summed E-state index contributed by atoms with van der Waals surface area (Å²) in [5.41, 5.74) is 0.945. The van der Waals surface area contributed by atoms with Crippen molar-refractivity contribution in [3.05, 3.63) is 30.1 Å². The lowest BCUT2D eigenvalue weighted by molar-refractivity contribution is -0.136. The van der Waals surface area contributed by atoms with Crippen LogP contribution in [0, 0.1) is 0 Å². The number of pyridine rings is 1. The Bertz CT molecular complexity index is 399. The zero-order valence-corrected chi connectivity index (χ0v) is 11.8. The second kappa shape index (κ2) is 6.66. The third kappa shape index (κ3) is 3.77. The molecular formula is C15H23N3O. The molecule has 1 atom stereocenters. The molecule has 4 nitrogen and oxygen atoms in total. The van der Waals surface area contributed by atoms with Gasteiger partial charge in [-0.1, -0.05) is 12.5 Å². The highest BCUT2D eigenvalue weighted by Gasteiger charge is 2.27. The van der Waals surface area contributed by atoms with Gasteiger partial charge in [-0.25, -0.2) is 0 Å². The van der Waals surface area contributed by atoms with Crippen LogP contribution < -0.4 is 5.32 Å². The van der Waals surface area contributed by atoms with Crippen LogP contribution in [0.2, 0.25) is 0 Å². The molecule has 2 heterocycles. The van der Waals surface area contributed by atoms with Crippen LogP contribution in [0.1, 0.15) is 38.8 Å². The van der Waals surface area contributed by atoms with Gasteiger partial charge < -0.3 is 10.2 Å². The van der Waals surface area contributed by atoms with E-state index in [0.717, 1.165) is 25.1 Å². The number of piperidine rings is 1. The van der Waals surface area contributed by atoms with Crippen molar-refractivity contribution in [2.75, 3.05) is 6.54 Å². The SMILES string of the molecule is CC(C)N(Cc1ccccn1)C(=O)[C@@H]1CCCCN1. The van der Waals surface area contributed by atoms with Crippen molar-refractivity contribution in [2.45, 2.75) is 51.7 Å². The predicted molar refractivity (Wildman–Crippen MR) is 75.6 cm³/mol. The summed E-state index contributed by atoms with van der Waals surface area (Å²) >= 11 is 0. The van der Waals surface area contributed by atoms with Gasteiger partial charge in [-0.3, -0.25) is 9.78 Å². The lowest BCUT2D eigenvalue weighted by Gasteiger charge is -2.32. The topological polar surface area (TPSA) is 45.2 Å². The number of hydrogen-bond donors (Lipinski definition) is 1. The first-order valence-corrected chi connectivity index (χ1v) is 7.12. The average molecular weight is 261 g/mol. The number of nitrogens with one attached hydrogen (secondary N) is 1. The number of carbonyl (C=O) groups excluding carboxylic acids is 1. The molecule has 1 amide bonds. The lowest BCUT2D eigenvalue weighted by atomic mass is 10.0. The Morgan fingerprint density at radius 3 is 2.89 bits per heavy atom. The lowest BCUT2D eigenvalue weighted by Crippen LogP contribution is -2.50. The maximum atomic E-state index is 12.6. The van der Waals surface area contributed by atoms with E-state index in [0.29, 0.717) is 6.54 Å². The highest BCUT2D eigenvalue weighted by Crippen LogP contribution is 2.14. The molecule has 0 spiro atoms. The van der Waals surface area contributed by atoms with Gasteiger partial charge in [0.1, 0.15) is 0 Å². The quantitative estimate of drug-likeness (QED) is 0.901. The van der Waals surface area contributed by atoms with Crippen molar-refractivity contribution in [3.8, 4) is 0 Å². The molecule has 0 saturated carbocycles. The molecule has 0 unspecified atom stereocenters. The van der Waals surface area contributed by atoms with Gasteiger partial charge in [0, 0.05) is 12.2 Å². The van der Waals surface area contributed by atoms with Crippen molar-refractivity contribution < 1.29 is 4.79 Å². The third-order valence-corrected chi connectivity index (χ3v) is 3.57. The number of rotatable bonds is 4. The molecule has 0 radical (unpaired) electrons. The van der Waals surface area contributed by atoms with Gasteiger partial charge in [-0.05, 0) is 45.4 Å². The van der Waals surface area contributed by atoms with Crippen molar-refractivity contribution in [3.63, 3.8) is 0 Å². The molecule has 1 aromatic heterocycles. The van der Waals surface area contributed by atoms with E-state index >= 15 is 0 Å². The van der Waals surface area contributed by atoms with E-state index in [-0.39, 0.29) is 18.0 Å². The molecule has 0 aromatic carbocycles.